The molecule has 1 saturated heterocycles. The molecule has 1 aliphatic heterocycles. The number of amides is 1. The van der Waals surface area contributed by atoms with Gasteiger partial charge < -0.3 is 9.32 Å². The highest BCUT2D eigenvalue weighted by atomic mass is 32.2. The van der Waals surface area contributed by atoms with Gasteiger partial charge in [-0.2, -0.15) is 4.31 Å². The first-order chi connectivity index (χ1) is 11.4. The van der Waals surface area contributed by atoms with E-state index in [0.717, 1.165) is 6.42 Å². The summed E-state index contributed by atoms with van der Waals surface area (Å²) in [7, 11) is -3.67. The van der Waals surface area contributed by atoms with E-state index in [-0.39, 0.29) is 23.9 Å². The number of carbonyl (C=O) groups is 1. The predicted molar refractivity (Wildman–Crippen MR) is 87.1 cm³/mol. The molecule has 1 N–H and O–H groups in total. The van der Waals surface area contributed by atoms with Crippen LogP contribution in [0.15, 0.2) is 32.3 Å². The van der Waals surface area contributed by atoms with E-state index in [1.807, 2.05) is 6.92 Å². The van der Waals surface area contributed by atoms with Crippen LogP contribution in [-0.2, 0) is 14.8 Å². The Kier molecular flexibility index (Phi) is 4.46. The van der Waals surface area contributed by atoms with E-state index in [9.17, 15) is 18.0 Å². The molecule has 2 aromatic rings. The number of carbonyl (C=O) groups excluding carboxylic acids is 1. The number of aromatic nitrogens is 1. The Hall–Kier alpha value is -2.13. The van der Waals surface area contributed by atoms with E-state index in [0.29, 0.717) is 30.6 Å². The Bertz CT molecular complexity index is 907. The van der Waals surface area contributed by atoms with Crippen molar-refractivity contribution in [3.8, 4) is 0 Å². The summed E-state index contributed by atoms with van der Waals surface area (Å²) in [6.07, 6.45) is 1.26. The van der Waals surface area contributed by atoms with Gasteiger partial charge in [-0.1, -0.05) is 6.92 Å². The van der Waals surface area contributed by atoms with Gasteiger partial charge in [0.05, 0.1) is 10.4 Å². The third-order valence-corrected chi connectivity index (χ3v) is 5.98. The third kappa shape index (κ3) is 3.09. The monoisotopic (exact) mass is 353 g/mol. The minimum atomic E-state index is -3.67. The molecule has 1 aromatic heterocycles. The lowest BCUT2D eigenvalue weighted by atomic mass is 10.2. The molecule has 0 bridgehead atoms. The van der Waals surface area contributed by atoms with Crippen molar-refractivity contribution >= 4 is 27.0 Å². The van der Waals surface area contributed by atoms with E-state index in [1.54, 1.807) is 4.90 Å². The molecule has 130 valence electrons. The van der Waals surface area contributed by atoms with Gasteiger partial charge >= 0.3 is 5.76 Å². The highest BCUT2D eigenvalue weighted by molar-refractivity contribution is 7.89. The second-order valence-corrected chi connectivity index (χ2v) is 7.65. The molecule has 0 spiro atoms. The van der Waals surface area contributed by atoms with Crippen molar-refractivity contribution in [1.29, 1.82) is 0 Å². The van der Waals surface area contributed by atoms with Crippen LogP contribution >= 0.6 is 0 Å². The Morgan fingerprint density at radius 1 is 1.25 bits per heavy atom. The molecule has 1 aromatic carbocycles. The summed E-state index contributed by atoms with van der Waals surface area (Å²) >= 11 is 0. The van der Waals surface area contributed by atoms with Crippen LogP contribution in [0.5, 0.6) is 0 Å². The van der Waals surface area contributed by atoms with Crippen LogP contribution in [0.1, 0.15) is 19.8 Å². The second kappa shape index (κ2) is 6.40. The number of H-pyrrole nitrogens is 1. The van der Waals surface area contributed by atoms with E-state index >= 15 is 0 Å². The molecule has 3 rings (SSSR count). The van der Waals surface area contributed by atoms with Crippen molar-refractivity contribution in [1.82, 2.24) is 14.2 Å². The third-order valence-electron chi connectivity index (χ3n) is 4.08. The van der Waals surface area contributed by atoms with Gasteiger partial charge in [-0.3, -0.25) is 9.78 Å². The van der Waals surface area contributed by atoms with Crippen molar-refractivity contribution in [2.24, 2.45) is 0 Å². The van der Waals surface area contributed by atoms with Crippen molar-refractivity contribution in [3.05, 3.63) is 28.7 Å². The number of rotatable bonds is 4. The highest BCUT2D eigenvalue weighted by Gasteiger charge is 2.30. The number of oxazole rings is 1. The number of hydrogen-bond acceptors (Lipinski definition) is 5. The number of fused-ring (bicyclic) bond motifs is 1. The zero-order chi connectivity index (χ0) is 17.3. The normalized spacial score (nSPS) is 16.6. The van der Waals surface area contributed by atoms with E-state index in [4.69, 9.17) is 4.42 Å². The molecule has 1 amide bonds. The molecule has 0 saturated carbocycles. The summed E-state index contributed by atoms with van der Waals surface area (Å²) in [5, 5.41) is 0. The molecule has 8 nitrogen and oxygen atoms in total. The maximum Gasteiger partial charge on any atom is 0.417 e. The molecule has 9 heteroatoms. The summed E-state index contributed by atoms with van der Waals surface area (Å²) in [4.78, 5) is 27.3. The summed E-state index contributed by atoms with van der Waals surface area (Å²) in [6, 6.07) is 4.27. The van der Waals surface area contributed by atoms with Crippen molar-refractivity contribution in [2.75, 3.05) is 26.2 Å². The van der Waals surface area contributed by atoms with Crippen LogP contribution in [0.4, 0.5) is 0 Å². The molecular weight excluding hydrogens is 334 g/mol. The lowest BCUT2D eigenvalue weighted by Crippen LogP contribution is -2.50. The Morgan fingerprint density at radius 2 is 1.96 bits per heavy atom. The number of hydrogen-bond donors (Lipinski definition) is 1. The SMILES string of the molecule is CCCC(=O)N1CCN(S(=O)(=O)c2ccc3oc(=O)[nH]c3c2)CC1. The first kappa shape index (κ1) is 16.7. The van der Waals surface area contributed by atoms with Crippen molar-refractivity contribution < 1.29 is 17.6 Å². The maximum absolute atomic E-state index is 12.7. The van der Waals surface area contributed by atoms with Crippen LogP contribution in [0, 0.1) is 0 Å². The fourth-order valence-electron chi connectivity index (χ4n) is 2.79. The average Bonchev–Trinajstić information content (AvgIpc) is 2.94. The largest absolute Gasteiger partial charge is 0.417 e. The Balaban J connectivity index is 1.78. The van der Waals surface area contributed by atoms with Crippen LogP contribution in [-0.4, -0.2) is 54.7 Å². The summed E-state index contributed by atoms with van der Waals surface area (Å²) in [5.74, 6) is -0.561. The lowest BCUT2D eigenvalue weighted by Gasteiger charge is -2.34. The number of sulfonamides is 1. The Morgan fingerprint density at radius 3 is 2.62 bits per heavy atom. The molecule has 0 unspecified atom stereocenters. The molecule has 0 aliphatic carbocycles. The zero-order valence-corrected chi connectivity index (χ0v) is 14.1. The fraction of sp³-hybridized carbons (Fsp3) is 0.467. The molecule has 2 heterocycles. The lowest BCUT2D eigenvalue weighted by molar-refractivity contribution is -0.132. The van der Waals surface area contributed by atoms with E-state index in [1.165, 1.54) is 22.5 Å². The number of benzene rings is 1. The molecule has 1 aliphatic rings. The molecule has 0 atom stereocenters. The first-order valence-electron chi connectivity index (χ1n) is 7.82. The van der Waals surface area contributed by atoms with E-state index < -0.39 is 15.8 Å². The smallest absolute Gasteiger partial charge is 0.408 e. The molecule has 1 fully saturated rings. The van der Waals surface area contributed by atoms with E-state index in [2.05, 4.69) is 4.98 Å². The number of aromatic amines is 1. The molecule has 0 radical (unpaired) electrons. The van der Waals surface area contributed by atoms with Gasteiger partial charge in [-0.05, 0) is 24.6 Å². The van der Waals surface area contributed by atoms with Gasteiger partial charge in [0.25, 0.3) is 0 Å². The quantitative estimate of drug-likeness (QED) is 0.874. The zero-order valence-electron chi connectivity index (χ0n) is 13.3. The molecule has 24 heavy (non-hydrogen) atoms. The molecular formula is C15H19N3O5S. The van der Waals surface area contributed by atoms with Gasteiger partial charge in [0.2, 0.25) is 15.9 Å². The van der Waals surface area contributed by atoms with Crippen LogP contribution in [0.2, 0.25) is 0 Å². The van der Waals surface area contributed by atoms with Gasteiger partial charge in [-0.25, -0.2) is 13.2 Å². The number of nitrogens with one attached hydrogen (secondary N) is 1. The van der Waals surface area contributed by atoms with Crippen LogP contribution < -0.4 is 5.76 Å². The summed E-state index contributed by atoms with van der Waals surface area (Å²) in [6.45, 7) is 3.25. The van der Waals surface area contributed by atoms with Gasteiger partial charge in [-0.15, -0.1) is 0 Å². The van der Waals surface area contributed by atoms with Crippen molar-refractivity contribution in [2.45, 2.75) is 24.7 Å². The maximum atomic E-state index is 12.7. The predicted octanol–water partition coefficient (Wildman–Crippen LogP) is 0.754. The second-order valence-electron chi connectivity index (χ2n) is 5.71. The topological polar surface area (TPSA) is 104 Å². The van der Waals surface area contributed by atoms with Gasteiger partial charge in [0, 0.05) is 32.6 Å². The summed E-state index contributed by atoms with van der Waals surface area (Å²) in [5.41, 5.74) is 0.659. The number of piperazine rings is 1. The van der Waals surface area contributed by atoms with Crippen molar-refractivity contribution in [3.63, 3.8) is 0 Å². The summed E-state index contributed by atoms with van der Waals surface area (Å²) < 4.78 is 31.7. The first-order valence-corrected chi connectivity index (χ1v) is 9.26. The van der Waals surface area contributed by atoms with Crippen LogP contribution in [0.3, 0.4) is 0 Å². The van der Waals surface area contributed by atoms with Crippen LogP contribution in [0.25, 0.3) is 11.1 Å². The average molecular weight is 353 g/mol. The fourth-order valence-corrected chi connectivity index (χ4v) is 4.24. The minimum Gasteiger partial charge on any atom is -0.408 e. The minimum absolute atomic E-state index is 0.0620. The Labute approximate surface area is 139 Å². The highest BCUT2D eigenvalue weighted by Crippen LogP contribution is 2.21. The number of nitrogens with zero attached hydrogens (tertiary/aromatic N) is 2. The van der Waals surface area contributed by atoms with Gasteiger partial charge in [0.15, 0.2) is 5.58 Å². The standard InChI is InChI=1S/C15H19N3O5S/c1-2-3-14(19)17-6-8-18(9-7-17)24(21,22)11-4-5-13-12(10-11)16-15(20)23-13/h4-5,10H,2-3,6-9H2,1H3,(H,16,20). The van der Waals surface area contributed by atoms with Gasteiger partial charge in [0.1, 0.15) is 0 Å².